The summed E-state index contributed by atoms with van der Waals surface area (Å²) in [5.41, 5.74) is 9.65. The van der Waals surface area contributed by atoms with Gasteiger partial charge in [-0.2, -0.15) is 5.10 Å². The van der Waals surface area contributed by atoms with Gasteiger partial charge in [-0.1, -0.05) is 6.07 Å². The van der Waals surface area contributed by atoms with Crippen LogP contribution in [0.4, 0.5) is 0 Å². The third-order valence-electron chi connectivity index (χ3n) is 2.52. The summed E-state index contributed by atoms with van der Waals surface area (Å²) in [5.74, 6) is 0. The van der Waals surface area contributed by atoms with E-state index in [1.165, 1.54) is 0 Å². The second-order valence-corrected chi connectivity index (χ2v) is 3.45. The maximum Gasteiger partial charge on any atom is 0.0857 e. The number of rotatable bonds is 2. The van der Waals surface area contributed by atoms with Crippen LogP contribution >= 0.6 is 0 Å². The molecule has 4 heteroatoms. The molecule has 0 aliphatic heterocycles. The predicted molar refractivity (Wildman–Crippen MR) is 59.1 cm³/mol. The van der Waals surface area contributed by atoms with E-state index in [9.17, 15) is 0 Å². The lowest BCUT2D eigenvalue weighted by Crippen LogP contribution is -2.00. The van der Waals surface area contributed by atoms with Crippen LogP contribution in [0.25, 0.3) is 11.3 Å². The molecule has 0 fully saturated rings. The highest BCUT2D eigenvalue weighted by Gasteiger charge is 2.13. The summed E-state index contributed by atoms with van der Waals surface area (Å²) in [6.45, 7) is 2.46. The van der Waals surface area contributed by atoms with Crippen molar-refractivity contribution < 1.29 is 0 Å². The van der Waals surface area contributed by atoms with E-state index in [1.807, 2.05) is 36.9 Å². The molecule has 2 rings (SSSR count). The van der Waals surface area contributed by atoms with Gasteiger partial charge in [0.05, 0.1) is 11.4 Å². The third kappa shape index (κ3) is 1.64. The second-order valence-electron chi connectivity index (χ2n) is 3.45. The summed E-state index contributed by atoms with van der Waals surface area (Å²) in [6.07, 6.45) is 1.78. The topological polar surface area (TPSA) is 56.7 Å². The summed E-state index contributed by atoms with van der Waals surface area (Å²) in [4.78, 5) is 4.32. The first kappa shape index (κ1) is 9.86. The number of hydrogen-bond acceptors (Lipinski definition) is 3. The summed E-state index contributed by atoms with van der Waals surface area (Å²) >= 11 is 0. The Labute approximate surface area is 88.8 Å². The quantitative estimate of drug-likeness (QED) is 0.797. The van der Waals surface area contributed by atoms with E-state index in [0.29, 0.717) is 6.54 Å². The number of pyridine rings is 1. The molecule has 0 amide bonds. The highest BCUT2D eigenvalue weighted by Crippen LogP contribution is 2.24. The number of aryl methyl sites for hydroxylation is 1. The maximum atomic E-state index is 5.67. The zero-order valence-electron chi connectivity index (χ0n) is 8.94. The molecule has 0 radical (unpaired) electrons. The SMILES string of the molecule is Cc1c(-c2ccccn2)c(CN)nn1C. The number of nitrogens with two attached hydrogens (primary N) is 1. The summed E-state index contributed by atoms with van der Waals surface area (Å²) in [5, 5.41) is 4.36. The van der Waals surface area contributed by atoms with Gasteiger partial charge in [0.2, 0.25) is 0 Å². The van der Waals surface area contributed by atoms with Crippen LogP contribution in [-0.2, 0) is 13.6 Å². The molecule has 15 heavy (non-hydrogen) atoms. The highest BCUT2D eigenvalue weighted by atomic mass is 15.3. The normalized spacial score (nSPS) is 10.6. The summed E-state index contributed by atoms with van der Waals surface area (Å²) in [7, 11) is 1.92. The van der Waals surface area contributed by atoms with Crippen molar-refractivity contribution in [1.82, 2.24) is 14.8 Å². The molecule has 0 unspecified atom stereocenters. The van der Waals surface area contributed by atoms with Crippen LogP contribution in [0.5, 0.6) is 0 Å². The van der Waals surface area contributed by atoms with Crippen molar-refractivity contribution in [3.63, 3.8) is 0 Å². The van der Waals surface area contributed by atoms with E-state index >= 15 is 0 Å². The molecule has 4 nitrogen and oxygen atoms in total. The molecule has 2 aromatic rings. The highest BCUT2D eigenvalue weighted by molar-refractivity contribution is 5.64. The Balaban J connectivity index is 2.61. The average molecular weight is 202 g/mol. The standard InChI is InChI=1S/C11H14N4/c1-8-11(9-5-3-4-6-13-9)10(7-12)14-15(8)2/h3-6H,7,12H2,1-2H3. The number of nitrogens with zero attached hydrogens (tertiary/aromatic N) is 3. The minimum Gasteiger partial charge on any atom is -0.325 e. The van der Waals surface area contributed by atoms with Gasteiger partial charge in [-0.3, -0.25) is 9.67 Å². The lowest BCUT2D eigenvalue weighted by Gasteiger charge is -2.01. The van der Waals surface area contributed by atoms with Gasteiger partial charge in [0, 0.05) is 31.0 Å². The molecule has 0 aliphatic carbocycles. The number of aromatic nitrogens is 3. The molecule has 0 saturated heterocycles. The first-order valence-electron chi connectivity index (χ1n) is 4.88. The fraction of sp³-hybridized carbons (Fsp3) is 0.273. The van der Waals surface area contributed by atoms with Crippen molar-refractivity contribution in [2.24, 2.45) is 12.8 Å². The first-order valence-corrected chi connectivity index (χ1v) is 4.88. The van der Waals surface area contributed by atoms with Crippen molar-refractivity contribution >= 4 is 0 Å². The zero-order valence-corrected chi connectivity index (χ0v) is 8.94. The molecule has 2 heterocycles. The largest absolute Gasteiger partial charge is 0.325 e. The van der Waals surface area contributed by atoms with Crippen LogP contribution in [0.15, 0.2) is 24.4 Å². The minimum atomic E-state index is 0.438. The second kappa shape index (κ2) is 3.82. The Morgan fingerprint density at radius 2 is 2.20 bits per heavy atom. The maximum absolute atomic E-state index is 5.67. The van der Waals surface area contributed by atoms with Gasteiger partial charge in [0.25, 0.3) is 0 Å². The Kier molecular flexibility index (Phi) is 2.51. The van der Waals surface area contributed by atoms with E-state index in [4.69, 9.17) is 5.73 Å². The Bertz CT molecular complexity index is 459. The molecule has 0 bridgehead atoms. The summed E-state index contributed by atoms with van der Waals surface area (Å²) < 4.78 is 1.84. The predicted octanol–water partition coefficient (Wildman–Crippen LogP) is 1.25. The van der Waals surface area contributed by atoms with Crippen molar-refractivity contribution in [3.8, 4) is 11.3 Å². The Hall–Kier alpha value is -1.68. The Morgan fingerprint density at radius 3 is 2.80 bits per heavy atom. The first-order chi connectivity index (χ1) is 7.24. The Morgan fingerprint density at radius 1 is 1.40 bits per heavy atom. The van der Waals surface area contributed by atoms with Gasteiger partial charge in [0.15, 0.2) is 0 Å². The van der Waals surface area contributed by atoms with Crippen LogP contribution in [-0.4, -0.2) is 14.8 Å². The lowest BCUT2D eigenvalue weighted by molar-refractivity contribution is 0.721. The van der Waals surface area contributed by atoms with Gasteiger partial charge in [0.1, 0.15) is 0 Å². The van der Waals surface area contributed by atoms with Gasteiger partial charge in [-0.15, -0.1) is 0 Å². The van der Waals surface area contributed by atoms with Crippen LogP contribution in [0.2, 0.25) is 0 Å². The zero-order chi connectivity index (χ0) is 10.8. The van der Waals surface area contributed by atoms with Crippen LogP contribution in [0, 0.1) is 6.92 Å². The van der Waals surface area contributed by atoms with Crippen LogP contribution in [0.1, 0.15) is 11.4 Å². The molecule has 0 aliphatic rings. The molecule has 0 saturated carbocycles. The van der Waals surface area contributed by atoms with Crippen molar-refractivity contribution in [2.75, 3.05) is 0 Å². The van der Waals surface area contributed by atoms with E-state index in [0.717, 1.165) is 22.6 Å². The van der Waals surface area contributed by atoms with E-state index < -0.39 is 0 Å². The molecule has 78 valence electrons. The van der Waals surface area contributed by atoms with Gasteiger partial charge in [-0.05, 0) is 19.1 Å². The fourth-order valence-electron chi connectivity index (χ4n) is 1.66. The average Bonchev–Trinajstić information content (AvgIpc) is 2.56. The van der Waals surface area contributed by atoms with Crippen LogP contribution < -0.4 is 5.73 Å². The summed E-state index contributed by atoms with van der Waals surface area (Å²) in [6, 6.07) is 5.84. The number of hydrogen-bond donors (Lipinski definition) is 1. The molecule has 2 aromatic heterocycles. The fourth-order valence-corrected chi connectivity index (χ4v) is 1.66. The van der Waals surface area contributed by atoms with Crippen molar-refractivity contribution in [2.45, 2.75) is 13.5 Å². The van der Waals surface area contributed by atoms with Gasteiger partial charge >= 0.3 is 0 Å². The van der Waals surface area contributed by atoms with E-state index in [1.54, 1.807) is 6.20 Å². The molecule has 0 spiro atoms. The molecule has 0 atom stereocenters. The van der Waals surface area contributed by atoms with Gasteiger partial charge < -0.3 is 5.73 Å². The minimum absolute atomic E-state index is 0.438. The van der Waals surface area contributed by atoms with Crippen molar-refractivity contribution in [3.05, 3.63) is 35.8 Å². The molecular weight excluding hydrogens is 188 g/mol. The van der Waals surface area contributed by atoms with Crippen molar-refractivity contribution in [1.29, 1.82) is 0 Å². The van der Waals surface area contributed by atoms with Crippen LogP contribution in [0.3, 0.4) is 0 Å². The molecule has 2 N–H and O–H groups in total. The van der Waals surface area contributed by atoms with E-state index in [-0.39, 0.29) is 0 Å². The monoisotopic (exact) mass is 202 g/mol. The lowest BCUT2D eigenvalue weighted by atomic mass is 10.1. The smallest absolute Gasteiger partial charge is 0.0857 e. The molecule has 0 aromatic carbocycles. The van der Waals surface area contributed by atoms with Gasteiger partial charge in [-0.25, -0.2) is 0 Å². The third-order valence-corrected chi connectivity index (χ3v) is 2.52. The van der Waals surface area contributed by atoms with E-state index in [2.05, 4.69) is 10.1 Å². The molecular formula is C11H14N4.